The van der Waals surface area contributed by atoms with Crippen LogP contribution < -0.4 is 14.9 Å². The highest BCUT2D eigenvalue weighted by molar-refractivity contribution is 7.92. The van der Waals surface area contributed by atoms with Gasteiger partial charge in [0, 0.05) is 48.8 Å². The zero-order valence-electron chi connectivity index (χ0n) is 19.9. The maximum Gasteiger partial charge on any atom is 0.247 e. The summed E-state index contributed by atoms with van der Waals surface area (Å²) in [6, 6.07) is 13.4. The Morgan fingerprint density at radius 3 is 2.51 bits per heavy atom. The molecular formula is C24H28N8O2S. The van der Waals surface area contributed by atoms with Gasteiger partial charge >= 0.3 is 0 Å². The Balaban J connectivity index is 1.40. The average Bonchev–Trinajstić information content (AvgIpc) is 3.21. The van der Waals surface area contributed by atoms with Crippen molar-refractivity contribution in [3.05, 3.63) is 60.4 Å². The van der Waals surface area contributed by atoms with Gasteiger partial charge in [-0.2, -0.15) is 4.98 Å². The molecule has 2 aromatic heterocycles. The highest BCUT2D eigenvalue weighted by atomic mass is 32.2. The van der Waals surface area contributed by atoms with E-state index in [4.69, 9.17) is 0 Å². The highest BCUT2D eigenvalue weighted by Crippen LogP contribution is 2.27. The van der Waals surface area contributed by atoms with Crippen LogP contribution in [0.4, 0.5) is 23.0 Å². The van der Waals surface area contributed by atoms with E-state index in [1.165, 1.54) is 11.3 Å². The molecule has 0 radical (unpaired) electrons. The van der Waals surface area contributed by atoms with Crippen molar-refractivity contribution in [2.75, 3.05) is 54.4 Å². The summed E-state index contributed by atoms with van der Waals surface area (Å²) >= 11 is 0. The van der Waals surface area contributed by atoms with Gasteiger partial charge in [0.25, 0.3) is 0 Å². The van der Waals surface area contributed by atoms with E-state index in [2.05, 4.69) is 61.0 Å². The third-order valence-corrected chi connectivity index (χ3v) is 6.61. The first-order chi connectivity index (χ1) is 16.7. The van der Waals surface area contributed by atoms with Gasteiger partial charge in [0.05, 0.1) is 24.3 Å². The van der Waals surface area contributed by atoms with Crippen molar-refractivity contribution in [3.63, 3.8) is 0 Å². The number of nitrogens with zero attached hydrogens (tertiary/aromatic N) is 6. The number of nitrogens with one attached hydrogen (secondary N) is 2. The number of fused-ring (bicyclic) bond motifs is 1. The summed E-state index contributed by atoms with van der Waals surface area (Å²) in [5, 5.41) is 7.94. The monoisotopic (exact) mass is 492 g/mol. The predicted octanol–water partition coefficient (Wildman–Crippen LogP) is 2.97. The first kappa shape index (κ1) is 23.1. The number of aromatic nitrogens is 4. The minimum absolute atomic E-state index is 0.455. The van der Waals surface area contributed by atoms with Crippen molar-refractivity contribution in [2.24, 2.45) is 0 Å². The third-order valence-electron chi connectivity index (χ3n) is 6.01. The Morgan fingerprint density at radius 1 is 0.971 bits per heavy atom. The molecule has 0 spiro atoms. The van der Waals surface area contributed by atoms with Crippen LogP contribution in [0.15, 0.2) is 54.9 Å². The van der Waals surface area contributed by atoms with Crippen LogP contribution in [-0.2, 0) is 10.0 Å². The number of anilines is 4. The summed E-state index contributed by atoms with van der Waals surface area (Å²) in [5.41, 5.74) is 5.86. The lowest BCUT2D eigenvalue weighted by Gasteiger charge is -2.35. The van der Waals surface area contributed by atoms with Crippen molar-refractivity contribution in [1.29, 1.82) is 0 Å². The van der Waals surface area contributed by atoms with Crippen LogP contribution in [0.1, 0.15) is 5.56 Å². The molecule has 0 aliphatic carbocycles. The molecule has 1 aliphatic heterocycles. The molecule has 0 amide bonds. The standard InChI is InChI=1S/C24H28N8O2S/c1-17-13-19(7-8-21(17)31-11-9-30(2)10-12-31)26-24-27-23-16-25-15-22(32(23)28-24)18-5-4-6-20(14-18)29-35(3,33)34/h4-8,13-16,29H,9-12H2,1-3H3,(H,26,28). The van der Waals surface area contributed by atoms with Gasteiger partial charge in [-0.15, -0.1) is 5.10 Å². The molecule has 1 saturated heterocycles. The van der Waals surface area contributed by atoms with Gasteiger partial charge in [-0.3, -0.25) is 9.71 Å². The smallest absolute Gasteiger partial charge is 0.247 e. The maximum atomic E-state index is 11.6. The number of likely N-dealkylation sites (N-methyl/N-ethyl adjacent to an activating group) is 1. The van der Waals surface area contributed by atoms with Crippen molar-refractivity contribution >= 4 is 38.7 Å². The number of piperazine rings is 1. The Morgan fingerprint density at radius 2 is 1.77 bits per heavy atom. The maximum absolute atomic E-state index is 11.6. The van der Waals surface area contributed by atoms with E-state index in [1.807, 2.05) is 12.1 Å². The van der Waals surface area contributed by atoms with Gasteiger partial charge < -0.3 is 15.1 Å². The molecule has 0 atom stereocenters. The van der Waals surface area contributed by atoms with Crippen molar-refractivity contribution in [1.82, 2.24) is 24.5 Å². The quantitative estimate of drug-likeness (QED) is 0.423. The van der Waals surface area contributed by atoms with Crippen LogP contribution in [0.25, 0.3) is 16.9 Å². The van der Waals surface area contributed by atoms with Gasteiger partial charge in [0.2, 0.25) is 16.0 Å². The molecular weight excluding hydrogens is 464 g/mol. The molecule has 0 unspecified atom stereocenters. The number of benzene rings is 2. The Labute approximate surface area is 204 Å². The second-order valence-corrected chi connectivity index (χ2v) is 10.6. The molecule has 2 N–H and O–H groups in total. The first-order valence-corrected chi connectivity index (χ1v) is 13.2. The fourth-order valence-electron chi connectivity index (χ4n) is 4.28. The molecule has 35 heavy (non-hydrogen) atoms. The van der Waals surface area contributed by atoms with Crippen LogP contribution in [-0.4, -0.2) is 72.4 Å². The number of rotatable bonds is 6. The lowest BCUT2D eigenvalue weighted by Crippen LogP contribution is -2.44. The molecule has 182 valence electrons. The Kier molecular flexibility index (Phi) is 6.03. The molecule has 0 saturated carbocycles. The molecule has 5 rings (SSSR count). The normalized spacial score (nSPS) is 14.9. The lowest BCUT2D eigenvalue weighted by atomic mass is 10.1. The van der Waals surface area contributed by atoms with E-state index in [-0.39, 0.29) is 0 Å². The summed E-state index contributed by atoms with van der Waals surface area (Å²) in [5.74, 6) is 0.455. The fourth-order valence-corrected chi connectivity index (χ4v) is 4.84. The lowest BCUT2D eigenvalue weighted by molar-refractivity contribution is 0.312. The van der Waals surface area contributed by atoms with Gasteiger partial charge in [0.15, 0.2) is 5.65 Å². The summed E-state index contributed by atoms with van der Waals surface area (Å²) in [7, 11) is -1.23. The minimum Gasteiger partial charge on any atom is -0.369 e. The second-order valence-electron chi connectivity index (χ2n) is 8.87. The van der Waals surface area contributed by atoms with E-state index in [0.717, 1.165) is 43.7 Å². The van der Waals surface area contributed by atoms with Crippen LogP contribution in [0, 0.1) is 6.92 Å². The Bertz CT molecular complexity index is 1480. The van der Waals surface area contributed by atoms with E-state index in [0.29, 0.717) is 23.0 Å². The van der Waals surface area contributed by atoms with Crippen LogP contribution in [0.5, 0.6) is 0 Å². The summed E-state index contributed by atoms with van der Waals surface area (Å²) < 4.78 is 27.4. The minimum atomic E-state index is -3.38. The number of sulfonamides is 1. The van der Waals surface area contributed by atoms with Crippen LogP contribution >= 0.6 is 0 Å². The molecule has 10 nitrogen and oxygen atoms in total. The van der Waals surface area contributed by atoms with Crippen molar-refractivity contribution < 1.29 is 8.42 Å². The van der Waals surface area contributed by atoms with Gasteiger partial charge in [0.1, 0.15) is 0 Å². The number of aryl methyl sites for hydroxylation is 1. The zero-order valence-corrected chi connectivity index (χ0v) is 20.7. The van der Waals surface area contributed by atoms with Gasteiger partial charge in [-0.05, 0) is 49.9 Å². The molecule has 2 aromatic carbocycles. The molecule has 11 heteroatoms. The summed E-state index contributed by atoms with van der Waals surface area (Å²) in [6.45, 7) is 6.29. The summed E-state index contributed by atoms with van der Waals surface area (Å²) in [4.78, 5) is 13.6. The molecule has 0 bridgehead atoms. The number of hydrogen-bond acceptors (Lipinski definition) is 8. The van der Waals surface area contributed by atoms with Gasteiger partial charge in [-0.1, -0.05) is 12.1 Å². The molecule has 3 heterocycles. The van der Waals surface area contributed by atoms with E-state index >= 15 is 0 Å². The largest absolute Gasteiger partial charge is 0.369 e. The first-order valence-electron chi connectivity index (χ1n) is 11.4. The van der Waals surface area contributed by atoms with Crippen molar-refractivity contribution in [3.8, 4) is 11.3 Å². The predicted molar refractivity (Wildman–Crippen MR) is 139 cm³/mol. The highest BCUT2D eigenvalue weighted by Gasteiger charge is 2.16. The zero-order chi connectivity index (χ0) is 24.6. The van der Waals surface area contributed by atoms with E-state index in [9.17, 15) is 8.42 Å². The number of hydrogen-bond donors (Lipinski definition) is 2. The van der Waals surface area contributed by atoms with Crippen LogP contribution in [0.3, 0.4) is 0 Å². The topological polar surface area (TPSA) is 108 Å². The molecule has 1 fully saturated rings. The van der Waals surface area contributed by atoms with Crippen LogP contribution in [0.2, 0.25) is 0 Å². The molecule has 4 aromatic rings. The second kappa shape index (κ2) is 9.16. The van der Waals surface area contributed by atoms with Crippen molar-refractivity contribution in [2.45, 2.75) is 6.92 Å². The fraction of sp³-hybridized carbons (Fsp3) is 0.292. The van der Waals surface area contributed by atoms with Gasteiger partial charge in [-0.25, -0.2) is 12.9 Å². The Hall–Kier alpha value is -3.70. The summed E-state index contributed by atoms with van der Waals surface area (Å²) in [6.07, 6.45) is 4.44. The van der Waals surface area contributed by atoms with E-state index in [1.54, 1.807) is 35.1 Å². The van der Waals surface area contributed by atoms with E-state index < -0.39 is 10.0 Å². The third kappa shape index (κ3) is 5.20. The SMILES string of the molecule is Cc1cc(Nc2nc3cncc(-c4cccc(NS(C)(=O)=O)c4)n3n2)ccc1N1CCN(C)CC1. The molecule has 1 aliphatic rings. The average molecular weight is 493 g/mol.